The van der Waals surface area contributed by atoms with Crippen molar-refractivity contribution in [3.63, 3.8) is 0 Å². The monoisotopic (exact) mass is 267 g/mol. The van der Waals surface area contributed by atoms with E-state index in [-0.39, 0.29) is 5.92 Å². The Morgan fingerprint density at radius 3 is 2.90 bits per heavy atom. The average molecular weight is 267 g/mol. The smallest absolute Gasteiger partial charge is 0.0661 e. The number of aromatic amines is 1. The van der Waals surface area contributed by atoms with Gasteiger partial charge in [0.25, 0.3) is 0 Å². The van der Waals surface area contributed by atoms with Gasteiger partial charge in [0, 0.05) is 11.6 Å². The van der Waals surface area contributed by atoms with Gasteiger partial charge in [0.05, 0.1) is 29.4 Å². The fourth-order valence-corrected chi connectivity index (χ4v) is 2.53. The molecular weight excluding hydrogens is 250 g/mol. The number of H-pyrrole nitrogens is 1. The highest BCUT2D eigenvalue weighted by molar-refractivity contribution is 5.78. The van der Waals surface area contributed by atoms with Crippen LogP contribution in [0.5, 0.6) is 0 Å². The average Bonchev–Trinajstić information content (AvgIpc) is 2.96. The van der Waals surface area contributed by atoms with Gasteiger partial charge in [0.1, 0.15) is 0 Å². The number of hydrogen-bond donors (Lipinski definition) is 2. The third-order valence-corrected chi connectivity index (χ3v) is 3.63. The fourth-order valence-electron chi connectivity index (χ4n) is 2.53. The minimum absolute atomic E-state index is 0.117. The van der Waals surface area contributed by atoms with Gasteiger partial charge in [0.15, 0.2) is 0 Å². The van der Waals surface area contributed by atoms with E-state index in [1.165, 1.54) is 0 Å². The first-order valence-electron chi connectivity index (χ1n) is 6.81. The van der Waals surface area contributed by atoms with Crippen LogP contribution in [0.4, 0.5) is 0 Å². The van der Waals surface area contributed by atoms with Gasteiger partial charge in [-0.2, -0.15) is 5.10 Å². The number of fused-ring (bicyclic) bond motifs is 1. The SMILES string of the molecule is CCC(O)C(c1ccc2cn[nH]c2c1)c1ccccn1. The number of nitrogens with one attached hydrogen (secondary N) is 1. The van der Waals surface area contributed by atoms with E-state index >= 15 is 0 Å². The van der Waals surface area contributed by atoms with Crippen LogP contribution >= 0.6 is 0 Å². The first-order chi connectivity index (χ1) is 9.79. The molecule has 2 aromatic heterocycles. The van der Waals surface area contributed by atoms with Crippen LogP contribution in [0.2, 0.25) is 0 Å². The summed E-state index contributed by atoms with van der Waals surface area (Å²) in [7, 11) is 0. The third kappa shape index (κ3) is 2.30. The molecule has 0 amide bonds. The van der Waals surface area contributed by atoms with E-state index in [1.54, 1.807) is 12.4 Å². The molecule has 0 bridgehead atoms. The normalized spacial score (nSPS) is 14.3. The Labute approximate surface area is 117 Å². The maximum absolute atomic E-state index is 10.4. The van der Waals surface area contributed by atoms with Crippen LogP contribution in [-0.4, -0.2) is 26.4 Å². The highest BCUT2D eigenvalue weighted by Gasteiger charge is 2.23. The summed E-state index contributed by atoms with van der Waals surface area (Å²) in [5.41, 5.74) is 2.92. The predicted octanol–water partition coefficient (Wildman–Crippen LogP) is 2.86. The van der Waals surface area contributed by atoms with Crippen molar-refractivity contribution in [3.05, 3.63) is 60.0 Å². The fraction of sp³-hybridized carbons (Fsp3) is 0.250. The maximum Gasteiger partial charge on any atom is 0.0661 e. The summed E-state index contributed by atoms with van der Waals surface area (Å²) in [6, 6.07) is 11.9. The van der Waals surface area contributed by atoms with Gasteiger partial charge in [-0.15, -0.1) is 0 Å². The lowest BCUT2D eigenvalue weighted by Crippen LogP contribution is -2.19. The van der Waals surface area contributed by atoms with Crippen LogP contribution in [0.25, 0.3) is 10.9 Å². The second-order valence-electron chi connectivity index (χ2n) is 4.92. The Morgan fingerprint density at radius 2 is 2.15 bits per heavy atom. The lowest BCUT2D eigenvalue weighted by Gasteiger charge is -2.22. The summed E-state index contributed by atoms with van der Waals surface area (Å²) in [5, 5.41) is 18.5. The van der Waals surface area contributed by atoms with E-state index in [4.69, 9.17) is 0 Å². The number of rotatable bonds is 4. The van der Waals surface area contributed by atoms with Crippen LogP contribution in [-0.2, 0) is 0 Å². The molecule has 0 saturated heterocycles. The van der Waals surface area contributed by atoms with Crippen molar-refractivity contribution in [3.8, 4) is 0 Å². The van der Waals surface area contributed by atoms with Crippen molar-refractivity contribution in [2.45, 2.75) is 25.4 Å². The molecule has 2 N–H and O–H groups in total. The van der Waals surface area contributed by atoms with Gasteiger partial charge >= 0.3 is 0 Å². The van der Waals surface area contributed by atoms with Crippen molar-refractivity contribution in [2.24, 2.45) is 0 Å². The molecule has 0 saturated carbocycles. The Morgan fingerprint density at radius 1 is 1.25 bits per heavy atom. The zero-order chi connectivity index (χ0) is 13.9. The molecule has 0 aliphatic heterocycles. The van der Waals surface area contributed by atoms with Gasteiger partial charge in [-0.3, -0.25) is 10.1 Å². The van der Waals surface area contributed by atoms with Crippen LogP contribution in [0.15, 0.2) is 48.8 Å². The van der Waals surface area contributed by atoms with Gasteiger partial charge < -0.3 is 5.11 Å². The van der Waals surface area contributed by atoms with E-state index in [0.717, 1.165) is 22.2 Å². The third-order valence-electron chi connectivity index (χ3n) is 3.63. The molecule has 0 aliphatic carbocycles. The topological polar surface area (TPSA) is 61.8 Å². The lowest BCUT2D eigenvalue weighted by molar-refractivity contribution is 0.151. The number of aromatic nitrogens is 3. The van der Waals surface area contributed by atoms with E-state index in [1.807, 2.05) is 43.3 Å². The highest BCUT2D eigenvalue weighted by atomic mass is 16.3. The van der Waals surface area contributed by atoms with E-state index in [2.05, 4.69) is 15.2 Å². The molecule has 2 unspecified atom stereocenters. The first-order valence-corrected chi connectivity index (χ1v) is 6.81. The number of hydrogen-bond acceptors (Lipinski definition) is 3. The number of aliphatic hydroxyl groups is 1. The highest BCUT2D eigenvalue weighted by Crippen LogP contribution is 2.29. The van der Waals surface area contributed by atoms with Crippen molar-refractivity contribution in [2.75, 3.05) is 0 Å². The minimum atomic E-state index is -0.453. The summed E-state index contributed by atoms with van der Waals surface area (Å²) in [4.78, 5) is 4.41. The molecule has 0 spiro atoms. The summed E-state index contributed by atoms with van der Waals surface area (Å²) in [5.74, 6) is -0.117. The second kappa shape index (κ2) is 5.43. The van der Waals surface area contributed by atoms with Crippen molar-refractivity contribution in [1.82, 2.24) is 15.2 Å². The molecule has 1 aromatic carbocycles. The molecule has 20 heavy (non-hydrogen) atoms. The Hall–Kier alpha value is -2.20. The Kier molecular flexibility index (Phi) is 3.48. The Bertz CT molecular complexity index is 693. The lowest BCUT2D eigenvalue weighted by atomic mass is 9.88. The summed E-state index contributed by atoms with van der Waals surface area (Å²) < 4.78 is 0. The minimum Gasteiger partial charge on any atom is -0.392 e. The predicted molar refractivity (Wildman–Crippen MR) is 78.5 cm³/mol. The van der Waals surface area contributed by atoms with Crippen molar-refractivity contribution in [1.29, 1.82) is 0 Å². The quantitative estimate of drug-likeness (QED) is 0.764. The van der Waals surface area contributed by atoms with Gasteiger partial charge in [0.2, 0.25) is 0 Å². The molecule has 4 nitrogen and oxygen atoms in total. The molecular formula is C16H17N3O. The van der Waals surface area contributed by atoms with Gasteiger partial charge in [-0.25, -0.2) is 0 Å². The molecule has 0 radical (unpaired) electrons. The van der Waals surface area contributed by atoms with E-state index in [0.29, 0.717) is 6.42 Å². The molecule has 2 heterocycles. The molecule has 4 heteroatoms. The number of benzene rings is 1. The van der Waals surface area contributed by atoms with Crippen LogP contribution in [0, 0.1) is 0 Å². The standard InChI is InChI=1S/C16H17N3O/c1-2-15(20)16(13-5-3-4-8-17-13)11-6-7-12-10-18-19-14(12)9-11/h3-10,15-16,20H,2H2,1H3,(H,18,19). The number of pyridine rings is 1. The summed E-state index contributed by atoms with van der Waals surface area (Å²) in [6.07, 6.45) is 3.79. The van der Waals surface area contributed by atoms with Crippen LogP contribution < -0.4 is 0 Å². The maximum atomic E-state index is 10.4. The van der Waals surface area contributed by atoms with Crippen LogP contribution in [0.1, 0.15) is 30.5 Å². The molecule has 2 atom stereocenters. The Balaban J connectivity index is 2.08. The largest absolute Gasteiger partial charge is 0.392 e. The zero-order valence-electron chi connectivity index (χ0n) is 11.3. The van der Waals surface area contributed by atoms with E-state index in [9.17, 15) is 5.11 Å². The van der Waals surface area contributed by atoms with Gasteiger partial charge in [-0.1, -0.05) is 25.1 Å². The number of nitrogens with zero attached hydrogens (tertiary/aromatic N) is 2. The summed E-state index contributed by atoms with van der Waals surface area (Å²) in [6.45, 7) is 1.98. The van der Waals surface area contributed by atoms with Crippen molar-refractivity contribution < 1.29 is 5.11 Å². The second-order valence-corrected chi connectivity index (χ2v) is 4.92. The molecule has 3 aromatic rings. The summed E-state index contributed by atoms with van der Waals surface area (Å²) >= 11 is 0. The molecule has 102 valence electrons. The van der Waals surface area contributed by atoms with Crippen LogP contribution in [0.3, 0.4) is 0 Å². The zero-order valence-corrected chi connectivity index (χ0v) is 11.3. The first kappa shape index (κ1) is 12.8. The van der Waals surface area contributed by atoms with Crippen molar-refractivity contribution >= 4 is 10.9 Å². The number of aliphatic hydroxyl groups excluding tert-OH is 1. The van der Waals surface area contributed by atoms with Gasteiger partial charge in [-0.05, 0) is 30.2 Å². The molecule has 3 rings (SSSR count). The molecule has 0 aliphatic rings. The van der Waals surface area contributed by atoms with E-state index < -0.39 is 6.10 Å². The molecule has 0 fully saturated rings.